The highest BCUT2D eigenvalue weighted by atomic mass is 16.3. The van der Waals surface area contributed by atoms with Gasteiger partial charge in [-0.25, -0.2) is 0 Å². The minimum Gasteiger partial charge on any atom is -0.395 e. The molecule has 0 aliphatic heterocycles. The van der Waals surface area contributed by atoms with Crippen LogP contribution in [-0.2, 0) is 0 Å². The molecule has 0 amide bonds. The number of hydrogen-bond acceptors (Lipinski definition) is 2. The van der Waals surface area contributed by atoms with E-state index in [1.165, 1.54) is 0 Å². The van der Waals surface area contributed by atoms with Crippen molar-refractivity contribution in [2.24, 2.45) is 0 Å². The molecule has 0 aliphatic rings. The molecule has 12 heavy (non-hydrogen) atoms. The van der Waals surface area contributed by atoms with Gasteiger partial charge in [0.2, 0.25) is 0 Å². The van der Waals surface area contributed by atoms with Gasteiger partial charge in [0.1, 0.15) is 0 Å². The predicted octanol–water partition coefficient (Wildman–Crippen LogP) is 1.73. The molecule has 0 unspecified atom stereocenters. The Labute approximate surface area is 72.5 Å². The third-order valence-electron chi connectivity index (χ3n) is 1.59. The van der Waals surface area contributed by atoms with Crippen LogP contribution in [0.15, 0.2) is 30.8 Å². The van der Waals surface area contributed by atoms with Gasteiger partial charge in [0.05, 0.1) is 6.61 Å². The highest BCUT2D eigenvalue weighted by Gasteiger charge is 1.89. The minimum atomic E-state index is 0.156. The predicted molar refractivity (Wildman–Crippen MR) is 52.1 cm³/mol. The lowest BCUT2D eigenvalue weighted by Gasteiger charge is -2.03. The second kappa shape index (κ2) is 4.57. The van der Waals surface area contributed by atoms with Crippen LogP contribution in [-0.4, -0.2) is 18.3 Å². The lowest BCUT2D eigenvalue weighted by atomic mass is 10.2. The van der Waals surface area contributed by atoms with E-state index < -0.39 is 0 Å². The molecule has 0 radical (unpaired) electrons. The first-order chi connectivity index (χ1) is 5.86. The van der Waals surface area contributed by atoms with Crippen LogP contribution < -0.4 is 5.32 Å². The van der Waals surface area contributed by atoms with Crippen LogP contribution in [0.1, 0.15) is 5.56 Å². The summed E-state index contributed by atoms with van der Waals surface area (Å²) in [6.07, 6.45) is 1.80. The van der Waals surface area contributed by atoms with E-state index in [4.69, 9.17) is 5.11 Å². The molecule has 0 saturated carbocycles. The molecule has 0 heterocycles. The average molecular weight is 163 g/mol. The topological polar surface area (TPSA) is 32.3 Å². The molecular formula is C10H13NO. The molecule has 0 saturated heterocycles. The first kappa shape index (κ1) is 8.81. The highest BCUT2D eigenvalue weighted by Crippen LogP contribution is 2.09. The van der Waals surface area contributed by atoms with Gasteiger partial charge in [0.25, 0.3) is 0 Å². The molecule has 1 rings (SSSR count). The van der Waals surface area contributed by atoms with Gasteiger partial charge in [-0.3, -0.25) is 0 Å². The first-order valence-corrected chi connectivity index (χ1v) is 3.94. The lowest BCUT2D eigenvalue weighted by Crippen LogP contribution is -2.04. The molecule has 0 aliphatic carbocycles. The van der Waals surface area contributed by atoms with Crippen molar-refractivity contribution in [3.63, 3.8) is 0 Å². The molecule has 2 heteroatoms. The number of anilines is 1. The number of hydrogen-bond donors (Lipinski definition) is 2. The van der Waals surface area contributed by atoms with Crippen molar-refractivity contribution in [3.8, 4) is 0 Å². The Morgan fingerprint density at radius 1 is 1.33 bits per heavy atom. The van der Waals surface area contributed by atoms with Gasteiger partial charge in [0.15, 0.2) is 0 Å². The zero-order chi connectivity index (χ0) is 8.81. The average Bonchev–Trinajstić information content (AvgIpc) is 2.15. The normalized spacial score (nSPS) is 9.42. The number of rotatable bonds is 4. The number of aliphatic hydroxyl groups is 1. The number of aliphatic hydroxyl groups excluding tert-OH is 1. The van der Waals surface area contributed by atoms with E-state index in [2.05, 4.69) is 11.9 Å². The van der Waals surface area contributed by atoms with Crippen molar-refractivity contribution in [2.45, 2.75) is 0 Å². The number of nitrogens with one attached hydrogen (secondary N) is 1. The number of benzene rings is 1. The van der Waals surface area contributed by atoms with Crippen molar-refractivity contribution in [1.29, 1.82) is 0 Å². The quantitative estimate of drug-likeness (QED) is 0.708. The summed E-state index contributed by atoms with van der Waals surface area (Å²) >= 11 is 0. The Hall–Kier alpha value is -1.28. The summed E-state index contributed by atoms with van der Waals surface area (Å²) < 4.78 is 0. The van der Waals surface area contributed by atoms with Crippen molar-refractivity contribution in [3.05, 3.63) is 36.4 Å². The fourth-order valence-electron chi connectivity index (χ4n) is 0.937. The lowest BCUT2D eigenvalue weighted by molar-refractivity contribution is 0.311. The summed E-state index contributed by atoms with van der Waals surface area (Å²) in [6, 6.07) is 7.89. The molecule has 64 valence electrons. The SMILES string of the molecule is C=Cc1ccc(NCCO)cc1. The second-order valence-corrected chi connectivity index (χ2v) is 2.48. The largest absolute Gasteiger partial charge is 0.395 e. The van der Waals surface area contributed by atoms with Gasteiger partial charge in [-0.05, 0) is 17.7 Å². The zero-order valence-electron chi connectivity index (χ0n) is 6.96. The molecule has 2 N–H and O–H groups in total. The minimum absolute atomic E-state index is 0.156. The maximum absolute atomic E-state index is 8.55. The van der Waals surface area contributed by atoms with Crippen LogP contribution in [0.4, 0.5) is 5.69 Å². The second-order valence-electron chi connectivity index (χ2n) is 2.48. The maximum atomic E-state index is 8.55. The van der Waals surface area contributed by atoms with Crippen molar-refractivity contribution < 1.29 is 5.11 Å². The molecular weight excluding hydrogens is 150 g/mol. The summed E-state index contributed by atoms with van der Waals surface area (Å²) in [4.78, 5) is 0. The fraction of sp³-hybridized carbons (Fsp3) is 0.200. The third kappa shape index (κ3) is 2.40. The Balaban J connectivity index is 2.58. The van der Waals surface area contributed by atoms with E-state index in [1.807, 2.05) is 24.3 Å². The summed E-state index contributed by atoms with van der Waals surface area (Å²) in [5.74, 6) is 0. The van der Waals surface area contributed by atoms with Gasteiger partial charge >= 0.3 is 0 Å². The van der Waals surface area contributed by atoms with Crippen LogP contribution in [0.25, 0.3) is 6.08 Å². The van der Waals surface area contributed by atoms with E-state index in [0.29, 0.717) is 6.54 Å². The molecule has 0 atom stereocenters. The Bertz CT molecular complexity index is 241. The Morgan fingerprint density at radius 3 is 2.50 bits per heavy atom. The summed E-state index contributed by atoms with van der Waals surface area (Å²) in [5, 5.41) is 11.6. The van der Waals surface area contributed by atoms with Gasteiger partial charge in [-0.1, -0.05) is 24.8 Å². The van der Waals surface area contributed by atoms with E-state index in [1.54, 1.807) is 6.08 Å². The Kier molecular flexibility index (Phi) is 3.35. The molecule has 0 bridgehead atoms. The summed E-state index contributed by atoms with van der Waals surface area (Å²) in [5.41, 5.74) is 2.12. The van der Waals surface area contributed by atoms with Crippen LogP contribution in [0.3, 0.4) is 0 Å². The van der Waals surface area contributed by atoms with Crippen LogP contribution >= 0.6 is 0 Å². The monoisotopic (exact) mass is 163 g/mol. The van der Waals surface area contributed by atoms with E-state index in [-0.39, 0.29) is 6.61 Å². The highest BCUT2D eigenvalue weighted by molar-refractivity contribution is 5.53. The molecule has 2 nitrogen and oxygen atoms in total. The van der Waals surface area contributed by atoms with E-state index >= 15 is 0 Å². The van der Waals surface area contributed by atoms with E-state index in [0.717, 1.165) is 11.3 Å². The molecule has 0 aromatic heterocycles. The van der Waals surface area contributed by atoms with Gasteiger partial charge < -0.3 is 10.4 Å². The van der Waals surface area contributed by atoms with E-state index in [9.17, 15) is 0 Å². The smallest absolute Gasteiger partial charge is 0.0604 e. The first-order valence-electron chi connectivity index (χ1n) is 3.94. The fourth-order valence-corrected chi connectivity index (χ4v) is 0.937. The summed E-state index contributed by atoms with van der Waals surface area (Å²) in [6.45, 7) is 4.41. The molecule has 0 fully saturated rings. The van der Waals surface area contributed by atoms with Crippen LogP contribution in [0.2, 0.25) is 0 Å². The van der Waals surface area contributed by atoms with Gasteiger partial charge in [-0.2, -0.15) is 0 Å². The van der Waals surface area contributed by atoms with Crippen molar-refractivity contribution >= 4 is 11.8 Å². The zero-order valence-corrected chi connectivity index (χ0v) is 6.96. The Morgan fingerprint density at radius 2 is 2.00 bits per heavy atom. The van der Waals surface area contributed by atoms with Crippen molar-refractivity contribution in [1.82, 2.24) is 0 Å². The summed E-state index contributed by atoms with van der Waals surface area (Å²) in [7, 11) is 0. The van der Waals surface area contributed by atoms with Crippen molar-refractivity contribution in [2.75, 3.05) is 18.5 Å². The van der Waals surface area contributed by atoms with Gasteiger partial charge in [0, 0.05) is 12.2 Å². The maximum Gasteiger partial charge on any atom is 0.0604 e. The van der Waals surface area contributed by atoms with Crippen LogP contribution in [0, 0.1) is 0 Å². The molecule has 1 aromatic carbocycles. The third-order valence-corrected chi connectivity index (χ3v) is 1.59. The molecule has 0 spiro atoms. The molecule has 1 aromatic rings. The van der Waals surface area contributed by atoms with Crippen LogP contribution in [0.5, 0.6) is 0 Å². The van der Waals surface area contributed by atoms with Gasteiger partial charge in [-0.15, -0.1) is 0 Å². The standard InChI is InChI=1S/C10H13NO/c1-2-9-3-5-10(6-4-9)11-7-8-12/h2-6,11-12H,1,7-8H2.